The fraction of sp³-hybridized carbons (Fsp3) is 0.0909. The first kappa shape index (κ1) is 18.0. The fourth-order valence-corrected chi connectivity index (χ4v) is 3.16. The smallest absolute Gasteiger partial charge is 0.274 e. The Balaban J connectivity index is 1.87. The normalized spacial score (nSPS) is 12.2. The summed E-state index contributed by atoms with van der Waals surface area (Å²) in [6, 6.07) is 19.2. The van der Waals surface area contributed by atoms with E-state index in [2.05, 4.69) is 5.10 Å². The Kier molecular flexibility index (Phi) is 4.71. The van der Waals surface area contributed by atoms with Crippen LogP contribution in [0.1, 0.15) is 11.7 Å². The predicted molar refractivity (Wildman–Crippen MR) is 103 cm³/mol. The van der Waals surface area contributed by atoms with E-state index in [9.17, 15) is 18.7 Å². The van der Waals surface area contributed by atoms with Crippen LogP contribution in [0.15, 0.2) is 77.6 Å². The monoisotopic (exact) mass is 378 g/mol. The number of benzene rings is 3. The molecule has 1 unspecified atom stereocenters. The van der Waals surface area contributed by atoms with E-state index in [-0.39, 0.29) is 12.1 Å². The number of nitrogens with zero attached hydrogens (tertiary/aromatic N) is 2. The van der Waals surface area contributed by atoms with Gasteiger partial charge < -0.3 is 5.11 Å². The summed E-state index contributed by atoms with van der Waals surface area (Å²) in [5, 5.41) is 15.8. The third kappa shape index (κ3) is 3.30. The number of hydrogen-bond acceptors (Lipinski definition) is 3. The van der Waals surface area contributed by atoms with Crippen LogP contribution in [-0.2, 0) is 6.54 Å². The third-order valence-electron chi connectivity index (χ3n) is 4.59. The summed E-state index contributed by atoms with van der Waals surface area (Å²) in [5.41, 5.74) is 0.975. The number of halogens is 2. The standard InChI is InChI=1S/C22H16F2N2O2/c23-18-11-10-15(12-19(18)24)21-16-8-4-5-9-17(16)22(28)26(25-21)13-20(27)14-6-2-1-3-7-14/h1-12,20,27H,13H2. The highest BCUT2D eigenvalue weighted by molar-refractivity contribution is 5.93. The van der Waals surface area contributed by atoms with Crippen molar-refractivity contribution in [3.8, 4) is 11.3 Å². The van der Waals surface area contributed by atoms with Gasteiger partial charge in [0.15, 0.2) is 11.6 Å². The summed E-state index contributed by atoms with van der Waals surface area (Å²) < 4.78 is 28.3. The molecular weight excluding hydrogens is 362 g/mol. The molecular formula is C22H16F2N2O2. The average Bonchev–Trinajstić information content (AvgIpc) is 2.73. The van der Waals surface area contributed by atoms with Gasteiger partial charge in [0.05, 0.1) is 23.7 Å². The van der Waals surface area contributed by atoms with Crippen molar-refractivity contribution < 1.29 is 13.9 Å². The SMILES string of the molecule is O=c1c2ccccc2c(-c2ccc(F)c(F)c2)nn1CC(O)c1ccccc1. The maximum absolute atomic E-state index is 13.8. The molecule has 0 spiro atoms. The molecule has 6 heteroatoms. The van der Waals surface area contributed by atoms with Crippen molar-refractivity contribution >= 4 is 10.8 Å². The lowest BCUT2D eigenvalue weighted by molar-refractivity contribution is 0.150. The van der Waals surface area contributed by atoms with Gasteiger partial charge >= 0.3 is 0 Å². The summed E-state index contributed by atoms with van der Waals surface area (Å²) in [4.78, 5) is 12.9. The Labute approximate surface area is 159 Å². The van der Waals surface area contributed by atoms with Gasteiger partial charge in [-0.05, 0) is 29.8 Å². The highest BCUT2D eigenvalue weighted by Gasteiger charge is 2.16. The van der Waals surface area contributed by atoms with E-state index >= 15 is 0 Å². The molecule has 28 heavy (non-hydrogen) atoms. The Morgan fingerprint density at radius 3 is 2.29 bits per heavy atom. The van der Waals surface area contributed by atoms with E-state index < -0.39 is 17.7 Å². The zero-order chi connectivity index (χ0) is 19.7. The molecule has 140 valence electrons. The summed E-state index contributed by atoms with van der Waals surface area (Å²) in [7, 11) is 0. The third-order valence-corrected chi connectivity index (χ3v) is 4.59. The summed E-state index contributed by atoms with van der Waals surface area (Å²) in [5.74, 6) is -1.95. The van der Waals surface area contributed by atoms with Gasteiger partial charge in [0.25, 0.3) is 5.56 Å². The topological polar surface area (TPSA) is 55.1 Å². The van der Waals surface area contributed by atoms with Gasteiger partial charge in [0, 0.05) is 10.9 Å². The molecule has 1 atom stereocenters. The van der Waals surface area contributed by atoms with Crippen molar-refractivity contribution in [3.63, 3.8) is 0 Å². The maximum atomic E-state index is 13.8. The van der Waals surface area contributed by atoms with Crippen LogP contribution in [0.25, 0.3) is 22.0 Å². The van der Waals surface area contributed by atoms with E-state index in [4.69, 9.17) is 0 Å². The van der Waals surface area contributed by atoms with Crippen LogP contribution >= 0.6 is 0 Å². The largest absolute Gasteiger partial charge is 0.386 e. The second-order valence-electron chi connectivity index (χ2n) is 6.44. The zero-order valence-electron chi connectivity index (χ0n) is 14.7. The van der Waals surface area contributed by atoms with E-state index in [1.54, 1.807) is 48.5 Å². The first-order valence-corrected chi connectivity index (χ1v) is 8.73. The van der Waals surface area contributed by atoms with Gasteiger partial charge in [-0.1, -0.05) is 48.5 Å². The van der Waals surface area contributed by atoms with Gasteiger partial charge in [-0.25, -0.2) is 13.5 Å². The van der Waals surface area contributed by atoms with Gasteiger partial charge in [0.2, 0.25) is 0 Å². The molecule has 0 bridgehead atoms. The van der Waals surface area contributed by atoms with Crippen LogP contribution in [-0.4, -0.2) is 14.9 Å². The lowest BCUT2D eigenvalue weighted by Crippen LogP contribution is -2.26. The first-order valence-electron chi connectivity index (χ1n) is 8.73. The van der Waals surface area contributed by atoms with E-state index in [0.29, 0.717) is 27.6 Å². The van der Waals surface area contributed by atoms with E-state index in [0.717, 1.165) is 16.8 Å². The quantitative estimate of drug-likeness (QED) is 0.582. The van der Waals surface area contributed by atoms with Crippen LogP contribution in [0, 0.1) is 11.6 Å². The van der Waals surface area contributed by atoms with E-state index in [1.807, 2.05) is 6.07 Å². The minimum absolute atomic E-state index is 0.0651. The van der Waals surface area contributed by atoms with Crippen molar-refractivity contribution in [3.05, 3.63) is 100 Å². The number of rotatable bonds is 4. The van der Waals surface area contributed by atoms with Crippen molar-refractivity contribution in [1.29, 1.82) is 0 Å². The molecule has 0 aliphatic carbocycles. The minimum atomic E-state index is -0.995. The molecule has 0 fully saturated rings. The Bertz CT molecular complexity index is 1210. The number of aliphatic hydroxyl groups is 1. The van der Waals surface area contributed by atoms with Crippen molar-refractivity contribution in [2.24, 2.45) is 0 Å². The van der Waals surface area contributed by atoms with Crippen molar-refractivity contribution in [1.82, 2.24) is 9.78 Å². The fourth-order valence-electron chi connectivity index (χ4n) is 3.16. The van der Waals surface area contributed by atoms with Crippen molar-refractivity contribution in [2.75, 3.05) is 0 Å². The Hall–Kier alpha value is -3.38. The Morgan fingerprint density at radius 2 is 1.57 bits per heavy atom. The summed E-state index contributed by atoms with van der Waals surface area (Å²) in [6.07, 6.45) is -0.939. The molecule has 0 amide bonds. The number of aromatic nitrogens is 2. The number of hydrogen-bond donors (Lipinski definition) is 1. The molecule has 4 rings (SSSR count). The molecule has 0 radical (unpaired) electrons. The summed E-state index contributed by atoms with van der Waals surface area (Å²) in [6.45, 7) is -0.0651. The first-order chi connectivity index (χ1) is 13.5. The zero-order valence-corrected chi connectivity index (χ0v) is 14.7. The minimum Gasteiger partial charge on any atom is -0.386 e. The molecule has 1 N–H and O–H groups in total. The highest BCUT2D eigenvalue weighted by Crippen LogP contribution is 2.26. The Morgan fingerprint density at radius 1 is 0.893 bits per heavy atom. The molecule has 0 saturated carbocycles. The molecule has 1 aromatic heterocycles. The predicted octanol–water partition coefficient (Wildman–Crippen LogP) is 4.08. The average molecular weight is 378 g/mol. The van der Waals surface area contributed by atoms with Crippen LogP contribution in [0.3, 0.4) is 0 Å². The summed E-state index contributed by atoms with van der Waals surface area (Å²) >= 11 is 0. The highest BCUT2D eigenvalue weighted by atomic mass is 19.2. The molecule has 0 saturated heterocycles. The second-order valence-corrected chi connectivity index (χ2v) is 6.44. The van der Waals surface area contributed by atoms with Crippen molar-refractivity contribution in [2.45, 2.75) is 12.6 Å². The van der Waals surface area contributed by atoms with Crippen LogP contribution < -0.4 is 5.56 Å². The van der Waals surface area contributed by atoms with E-state index in [1.165, 1.54) is 6.07 Å². The van der Waals surface area contributed by atoms with Gasteiger partial charge in [-0.3, -0.25) is 4.79 Å². The molecule has 3 aromatic carbocycles. The molecule has 0 aliphatic heterocycles. The maximum Gasteiger partial charge on any atom is 0.274 e. The molecule has 4 aromatic rings. The lowest BCUT2D eigenvalue weighted by atomic mass is 10.0. The second kappa shape index (κ2) is 7.32. The molecule has 4 nitrogen and oxygen atoms in total. The van der Waals surface area contributed by atoms with Crippen LogP contribution in [0.2, 0.25) is 0 Å². The van der Waals surface area contributed by atoms with Gasteiger partial charge in [-0.15, -0.1) is 0 Å². The van der Waals surface area contributed by atoms with Gasteiger partial charge in [-0.2, -0.15) is 5.10 Å². The molecule has 1 heterocycles. The van der Waals surface area contributed by atoms with Crippen LogP contribution in [0.4, 0.5) is 8.78 Å². The van der Waals surface area contributed by atoms with Crippen LogP contribution in [0.5, 0.6) is 0 Å². The molecule has 0 aliphatic rings. The van der Waals surface area contributed by atoms with Gasteiger partial charge in [0.1, 0.15) is 0 Å². The lowest BCUT2D eigenvalue weighted by Gasteiger charge is -2.15. The number of aliphatic hydroxyl groups excluding tert-OH is 1. The number of fused-ring (bicyclic) bond motifs is 1.